The van der Waals surface area contributed by atoms with Crippen molar-refractivity contribution in [2.75, 3.05) is 13.7 Å². The lowest BCUT2D eigenvalue weighted by Crippen LogP contribution is -2.06. The zero-order valence-corrected chi connectivity index (χ0v) is 13.7. The molecule has 0 aliphatic carbocycles. The van der Waals surface area contributed by atoms with E-state index in [1.807, 2.05) is 0 Å². The molecule has 0 fully saturated rings. The van der Waals surface area contributed by atoms with E-state index in [-0.39, 0.29) is 5.12 Å². The minimum Gasteiger partial charge on any atom is -0.493 e. The van der Waals surface area contributed by atoms with E-state index in [2.05, 4.69) is 6.92 Å². The molecular formula is C15H20NO5S-. The van der Waals surface area contributed by atoms with Crippen LogP contribution in [0.4, 0.5) is 0 Å². The monoisotopic (exact) mass is 326 g/mol. The summed E-state index contributed by atoms with van der Waals surface area (Å²) in [5.41, 5.74) is 0.622. The third kappa shape index (κ3) is 5.85. The molecule has 0 saturated carbocycles. The summed E-state index contributed by atoms with van der Waals surface area (Å²) in [4.78, 5) is 21.5. The molecule has 0 bridgehead atoms. The van der Waals surface area contributed by atoms with Crippen molar-refractivity contribution in [3.8, 4) is 11.5 Å². The molecule has 22 heavy (non-hydrogen) atoms. The van der Waals surface area contributed by atoms with Gasteiger partial charge in [-0.2, -0.15) is 0 Å². The largest absolute Gasteiger partial charge is 0.493 e. The first-order valence-corrected chi connectivity index (χ1v) is 7.82. The van der Waals surface area contributed by atoms with Crippen LogP contribution in [0.5, 0.6) is 11.5 Å². The maximum atomic E-state index is 11.3. The number of nitro groups is 1. The van der Waals surface area contributed by atoms with Gasteiger partial charge in [0.2, 0.25) is 0 Å². The van der Waals surface area contributed by atoms with Crippen LogP contribution in [-0.2, 0) is 4.79 Å². The summed E-state index contributed by atoms with van der Waals surface area (Å²) in [7, 11) is 1.51. The zero-order chi connectivity index (χ0) is 16.5. The maximum absolute atomic E-state index is 11.3. The molecule has 1 aromatic carbocycles. The lowest BCUT2D eigenvalue weighted by Gasteiger charge is -2.20. The van der Waals surface area contributed by atoms with E-state index in [0.29, 0.717) is 23.7 Å². The Hall–Kier alpha value is -1.89. The summed E-state index contributed by atoms with van der Waals surface area (Å²) in [6.07, 6.45) is 1.96. The fraction of sp³-hybridized carbons (Fsp3) is 0.467. The minimum absolute atomic E-state index is 0.190. The average Bonchev–Trinajstić information content (AvgIpc) is 2.46. The highest BCUT2D eigenvalue weighted by Crippen LogP contribution is 2.37. The van der Waals surface area contributed by atoms with Gasteiger partial charge in [-0.3, -0.25) is 14.9 Å². The van der Waals surface area contributed by atoms with Crippen molar-refractivity contribution in [2.24, 2.45) is 0 Å². The number of carbonyl (C=O) groups is 1. The summed E-state index contributed by atoms with van der Waals surface area (Å²) in [5, 5.41) is 9.88. The van der Waals surface area contributed by atoms with Gasteiger partial charge in [0.05, 0.1) is 13.7 Å². The van der Waals surface area contributed by atoms with Crippen molar-refractivity contribution >= 4 is 16.9 Å². The predicted octanol–water partition coefficient (Wildman–Crippen LogP) is 3.63. The number of rotatable bonds is 9. The van der Waals surface area contributed by atoms with E-state index >= 15 is 0 Å². The molecule has 6 nitrogen and oxygen atoms in total. The average molecular weight is 326 g/mol. The van der Waals surface area contributed by atoms with Crippen molar-refractivity contribution in [2.45, 2.75) is 31.9 Å². The number of unbranched alkanes of at least 4 members (excludes halogenated alkanes) is 1. The van der Waals surface area contributed by atoms with E-state index in [1.165, 1.54) is 14.0 Å². The van der Waals surface area contributed by atoms with Crippen molar-refractivity contribution < 1.29 is 19.2 Å². The summed E-state index contributed by atoms with van der Waals surface area (Å²) >= 11 is 0.895. The van der Waals surface area contributed by atoms with Crippen LogP contribution in [0.2, 0.25) is 0 Å². The molecule has 1 rings (SSSR count). The molecule has 122 valence electrons. The molecule has 0 N–H and O–H groups in total. The number of benzene rings is 1. The van der Waals surface area contributed by atoms with Crippen LogP contribution in [0.1, 0.15) is 37.5 Å². The molecule has 0 aliphatic heterocycles. The number of hydrogen-bond acceptors (Lipinski definition) is 6. The van der Waals surface area contributed by atoms with Gasteiger partial charge in [-0.05, 0) is 30.3 Å². The van der Waals surface area contributed by atoms with Crippen molar-refractivity contribution in [3.63, 3.8) is 0 Å². The highest BCUT2D eigenvalue weighted by Gasteiger charge is 2.15. The number of methoxy groups -OCH3 is 1. The van der Waals surface area contributed by atoms with Crippen LogP contribution in [0.3, 0.4) is 0 Å². The fourth-order valence-electron chi connectivity index (χ4n) is 1.78. The van der Waals surface area contributed by atoms with Crippen LogP contribution >= 0.6 is 11.8 Å². The third-order valence-corrected chi connectivity index (χ3v) is 3.80. The minimum atomic E-state index is -0.661. The molecule has 0 aliphatic rings. The first-order chi connectivity index (χ1) is 10.5. The first kappa shape index (κ1) is 18.2. The normalized spacial score (nSPS) is 11.6. The lowest BCUT2D eigenvalue weighted by atomic mass is 10.1. The molecule has 1 atom stereocenters. The van der Waals surface area contributed by atoms with Gasteiger partial charge in [-0.1, -0.05) is 25.0 Å². The second kappa shape index (κ2) is 9.19. The van der Waals surface area contributed by atoms with E-state index in [9.17, 15) is 14.9 Å². The quantitative estimate of drug-likeness (QED) is 0.298. The standard InChI is InChI=1S/C15H20NO5S/c1-4-5-8-21-13-7-6-12(9-14(13)20-3)15(10-16(18)19)22-11(2)17/h6-7,9-10,15H,4-5,8H2,1-3H3/q-1. The Morgan fingerprint density at radius 3 is 2.73 bits per heavy atom. The van der Waals surface area contributed by atoms with Gasteiger partial charge >= 0.3 is 0 Å². The number of carbonyl (C=O) groups excluding carboxylic acids is 1. The molecule has 7 heteroatoms. The van der Waals surface area contributed by atoms with Gasteiger partial charge in [0.15, 0.2) is 16.6 Å². The summed E-state index contributed by atoms with van der Waals surface area (Å²) < 4.78 is 10.9. The SMILES string of the molecule is CCCCOc1ccc(C([CH-][N+](=O)[O-])SC(C)=O)cc1OC. The maximum Gasteiger partial charge on any atom is 0.184 e. The number of thioether (sulfide) groups is 1. The molecule has 0 radical (unpaired) electrons. The Morgan fingerprint density at radius 1 is 1.45 bits per heavy atom. The van der Waals surface area contributed by atoms with E-state index in [0.717, 1.165) is 31.1 Å². The number of ether oxygens (including phenoxy) is 2. The zero-order valence-electron chi connectivity index (χ0n) is 12.9. The lowest BCUT2D eigenvalue weighted by molar-refractivity contribution is -0.437. The molecule has 0 aromatic heterocycles. The van der Waals surface area contributed by atoms with E-state index in [1.54, 1.807) is 18.2 Å². The van der Waals surface area contributed by atoms with Gasteiger partial charge < -0.3 is 9.47 Å². The Labute approximate surface area is 134 Å². The molecular weight excluding hydrogens is 306 g/mol. The smallest absolute Gasteiger partial charge is 0.184 e. The molecule has 0 spiro atoms. The van der Waals surface area contributed by atoms with Crippen LogP contribution < -0.4 is 9.47 Å². The van der Waals surface area contributed by atoms with E-state index < -0.39 is 10.2 Å². The number of nitrogens with zero attached hydrogens (tertiary/aromatic N) is 1. The predicted molar refractivity (Wildman–Crippen MR) is 85.7 cm³/mol. The highest BCUT2D eigenvalue weighted by atomic mass is 32.2. The molecule has 0 heterocycles. The highest BCUT2D eigenvalue weighted by molar-refractivity contribution is 8.13. The van der Waals surface area contributed by atoms with E-state index in [4.69, 9.17) is 9.47 Å². The van der Waals surface area contributed by atoms with Crippen LogP contribution in [0.15, 0.2) is 18.2 Å². The van der Waals surface area contributed by atoms with Crippen molar-refractivity contribution in [3.05, 3.63) is 40.4 Å². The van der Waals surface area contributed by atoms with Gasteiger partial charge in [-0.25, -0.2) is 0 Å². The van der Waals surface area contributed by atoms with Crippen molar-refractivity contribution in [1.29, 1.82) is 0 Å². The first-order valence-electron chi connectivity index (χ1n) is 6.94. The van der Waals surface area contributed by atoms with Crippen LogP contribution in [0, 0.1) is 16.7 Å². The van der Waals surface area contributed by atoms with Crippen LogP contribution in [-0.4, -0.2) is 23.8 Å². The van der Waals surface area contributed by atoms with Gasteiger partial charge in [0.1, 0.15) is 0 Å². The summed E-state index contributed by atoms with van der Waals surface area (Å²) in [5.74, 6) is 1.09. The molecule has 1 unspecified atom stereocenters. The Morgan fingerprint density at radius 2 is 2.18 bits per heavy atom. The van der Waals surface area contributed by atoms with Gasteiger partial charge in [0.25, 0.3) is 0 Å². The Balaban J connectivity index is 2.96. The Kier molecular flexibility index (Phi) is 7.59. The number of hydrogen-bond donors (Lipinski definition) is 0. The second-order valence-electron chi connectivity index (χ2n) is 4.58. The van der Waals surface area contributed by atoms with Gasteiger partial charge in [0, 0.05) is 6.92 Å². The molecule has 0 amide bonds. The van der Waals surface area contributed by atoms with Gasteiger partial charge in [-0.15, -0.1) is 16.7 Å². The molecule has 1 aromatic rings. The second-order valence-corrected chi connectivity index (χ2v) is 5.90. The van der Waals surface area contributed by atoms with Crippen LogP contribution in [0.25, 0.3) is 0 Å². The molecule has 0 saturated heterocycles. The Bertz CT molecular complexity index is 505. The fourth-order valence-corrected chi connectivity index (χ4v) is 2.58. The third-order valence-electron chi connectivity index (χ3n) is 2.82. The summed E-state index contributed by atoms with van der Waals surface area (Å²) in [6, 6.07) is 5.09. The topological polar surface area (TPSA) is 78.7 Å². The van der Waals surface area contributed by atoms with Crippen molar-refractivity contribution in [1.82, 2.24) is 0 Å². The summed E-state index contributed by atoms with van der Waals surface area (Å²) in [6.45, 7) is 4.93.